The summed E-state index contributed by atoms with van der Waals surface area (Å²) in [5.41, 5.74) is 5.79. The molecule has 5 nitrogen and oxygen atoms in total. The molecule has 0 saturated carbocycles. The van der Waals surface area contributed by atoms with Crippen LogP contribution in [0.3, 0.4) is 0 Å². The van der Waals surface area contributed by atoms with Gasteiger partial charge in [0.05, 0.1) is 11.2 Å². The average molecular weight is 414 g/mol. The normalized spacial score (nSPS) is 11.4. The van der Waals surface area contributed by atoms with Gasteiger partial charge in [-0.1, -0.05) is 23.8 Å². The molecule has 2 aromatic carbocycles. The molecule has 4 aromatic rings. The first-order chi connectivity index (χ1) is 14.8. The fourth-order valence-corrected chi connectivity index (χ4v) is 3.61. The van der Waals surface area contributed by atoms with E-state index in [1.807, 2.05) is 26.8 Å². The van der Waals surface area contributed by atoms with Crippen LogP contribution < -0.4 is 5.32 Å². The highest BCUT2D eigenvalue weighted by Gasteiger charge is 2.13. The van der Waals surface area contributed by atoms with Crippen LogP contribution in [0, 0.1) is 33.5 Å². The number of pyridine rings is 1. The van der Waals surface area contributed by atoms with Crippen LogP contribution in [0.15, 0.2) is 54.6 Å². The number of rotatable bonds is 4. The molecular weight excluding hydrogens is 391 g/mol. The number of nitrogens with one attached hydrogen (secondary N) is 1. The Kier molecular flexibility index (Phi) is 5.38. The number of hydrogen-bond acceptors (Lipinski definition) is 3. The van der Waals surface area contributed by atoms with E-state index >= 15 is 0 Å². The molecule has 4 rings (SSSR count). The van der Waals surface area contributed by atoms with Gasteiger partial charge in [-0.15, -0.1) is 0 Å². The molecule has 0 aliphatic heterocycles. The molecule has 2 heterocycles. The van der Waals surface area contributed by atoms with Crippen LogP contribution in [0.2, 0.25) is 0 Å². The molecule has 2 aromatic heterocycles. The van der Waals surface area contributed by atoms with Crippen LogP contribution in [0.1, 0.15) is 27.9 Å². The average Bonchev–Trinajstić information content (AvgIpc) is 3.08. The number of fused-ring (bicyclic) bond motifs is 1. The lowest BCUT2D eigenvalue weighted by Crippen LogP contribution is -2.13. The summed E-state index contributed by atoms with van der Waals surface area (Å²) >= 11 is 0. The third-order valence-electron chi connectivity index (χ3n) is 5.04. The standard InChI is InChI=1S/C25H23FN4O/c1-15-11-17(3)25-21(12-15)16(2)13-22(28-25)30-23(14-18(4)29-30)27-24(31)10-7-19-5-8-20(26)9-6-19/h5-14H,1-4H3,(H,27,31)/b10-7+. The summed E-state index contributed by atoms with van der Waals surface area (Å²) in [6.45, 7) is 8.03. The molecule has 156 valence electrons. The Balaban J connectivity index is 1.66. The molecule has 0 atom stereocenters. The van der Waals surface area contributed by atoms with Crippen LogP contribution >= 0.6 is 0 Å². The maximum absolute atomic E-state index is 13.0. The van der Waals surface area contributed by atoms with E-state index in [4.69, 9.17) is 4.98 Å². The van der Waals surface area contributed by atoms with Crippen molar-refractivity contribution in [2.75, 3.05) is 5.32 Å². The Morgan fingerprint density at radius 2 is 1.74 bits per heavy atom. The van der Waals surface area contributed by atoms with Crippen molar-refractivity contribution in [1.82, 2.24) is 14.8 Å². The van der Waals surface area contributed by atoms with E-state index in [2.05, 4.69) is 29.5 Å². The molecule has 0 aliphatic carbocycles. The first-order valence-corrected chi connectivity index (χ1v) is 10.0. The van der Waals surface area contributed by atoms with Gasteiger partial charge in [0, 0.05) is 17.5 Å². The molecule has 0 fully saturated rings. The zero-order valence-electron chi connectivity index (χ0n) is 17.9. The van der Waals surface area contributed by atoms with Gasteiger partial charge in [-0.05, 0) is 74.7 Å². The number of nitrogens with zero attached hydrogens (tertiary/aromatic N) is 3. The Labute approximate surface area is 180 Å². The van der Waals surface area contributed by atoms with Gasteiger partial charge < -0.3 is 5.32 Å². The monoisotopic (exact) mass is 414 g/mol. The maximum Gasteiger partial charge on any atom is 0.249 e. The predicted molar refractivity (Wildman–Crippen MR) is 122 cm³/mol. The first kappa shape index (κ1) is 20.5. The van der Waals surface area contributed by atoms with E-state index in [9.17, 15) is 9.18 Å². The number of aromatic nitrogens is 3. The Hall–Kier alpha value is -3.80. The smallest absolute Gasteiger partial charge is 0.249 e. The SMILES string of the molecule is Cc1cc(C)c2nc(-n3nc(C)cc3NC(=O)/C=C/c3ccc(F)cc3)cc(C)c2c1. The molecule has 6 heteroatoms. The largest absolute Gasteiger partial charge is 0.307 e. The van der Waals surface area contributed by atoms with Crippen molar-refractivity contribution in [3.63, 3.8) is 0 Å². The number of carbonyl (C=O) groups excluding carboxylic acids is 1. The number of hydrogen-bond donors (Lipinski definition) is 1. The number of halogens is 1. The van der Waals surface area contributed by atoms with Gasteiger partial charge in [0.2, 0.25) is 5.91 Å². The van der Waals surface area contributed by atoms with Gasteiger partial charge in [0.25, 0.3) is 0 Å². The van der Waals surface area contributed by atoms with E-state index in [0.717, 1.165) is 33.3 Å². The molecule has 0 spiro atoms. The van der Waals surface area contributed by atoms with Gasteiger partial charge in [0.15, 0.2) is 5.82 Å². The highest BCUT2D eigenvalue weighted by molar-refractivity contribution is 6.01. The zero-order valence-corrected chi connectivity index (χ0v) is 17.9. The van der Waals surface area contributed by atoms with E-state index in [0.29, 0.717) is 11.6 Å². The summed E-state index contributed by atoms with van der Waals surface area (Å²) in [6, 6.07) is 13.9. The van der Waals surface area contributed by atoms with Crippen molar-refractivity contribution < 1.29 is 9.18 Å². The number of amides is 1. The lowest BCUT2D eigenvalue weighted by molar-refractivity contribution is -0.111. The minimum Gasteiger partial charge on any atom is -0.307 e. The van der Waals surface area contributed by atoms with Gasteiger partial charge in [-0.25, -0.2) is 9.37 Å². The summed E-state index contributed by atoms with van der Waals surface area (Å²) in [6.07, 6.45) is 3.04. The summed E-state index contributed by atoms with van der Waals surface area (Å²) < 4.78 is 14.7. The van der Waals surface area contributed by atoms with E-state index in [-0.39, 0.29) is 11.7 Å². The first-order valence-electron chi connectivity index (χ1n) is 10.0. The number of aryl methyl sites for hydroxylation is 4. The molecule has 0 bridgehead atoms. The summed E-state index contributed by atoms with van der Waals surface area (Å²) in [4.78, 5) is 17.3. The minimum atomic E-state index is -0.315. The van der Waals surface area contributed by atoms with Gasteiger partial charge in [-0.3, -0.25) is 4.79 Å². The van der Waals surface area contributed by atoms with Crippen LogP contribution in [-0.2, 0) is 4.79 Å². The highest BCUT2D eigenvalue weighted by atomic mass is 19.1. The number of anilines is 1. The van der Waals surface area contributed by atoms with Crippen molar-refractivity contribution in [3.05, 3.63) is 88.4 Å². The van der Waals surface area contributed by atoms with Crippen LogP contribution in [-0.4, -0.2) is 20.7 Å². The Morgan fingerprint density at radius 3 is 2.48 bits per heavy atom. The predicted octanol–water partition coefficient (Wildman–Crippen LogP) is 5.45. The summed E-state index contributed by atoms with van der Waals surface area (Å²) in [5, 5.41) is 8.50. The molecule has 0 aliphatic rings. The van der Waals surface area contributed by atoms with Crippen molar-refractivity contribution >= 4 is 28.7 Å². The van der Waals surface area contributed by atoms with Crippen LogP contribution in [0.5, 0.6) is 0 Å². The second-order valence-electron chi connectivity index (χ2n) is 7.73. The van der Waals surface area contributed by atoms with Crippen molar-refractivity contribution in [2.45, 2.75) is 27.7 Å². The van der Waals surface area contributed by atoms with Crippen LogP contribution in [0.25, 0.3) is 22.8 Å². The maximum atomic E-state index is 13.0. The molecule has 0 radical (unpaired) electrons. The lowest BCUT2D eigenvalue weighted by Gasteiger charge is -2.12. The van der Waals surface area contributed by atoms with Crippen molar-refractivity contribution in [3.8, 4) is 5.82 Å². The van der Waals surface area contributed by atoms with Crippen molar-refractivity contribution in [2.24, 2.45) is 0 Å². The highest BCUT2D eigenvalue weighted by Crippen LogP contribution is 2.26. The van der Waals surface area contributed by atoms with E-state index in [1.54, 1.807) is 29.0 Å². The van der Waals surface area contributed by atoms with Gasteiger partial charge in [-0.2, -0.15) is 9.78 Å². The summed E-state index contributed by atoms with van der Waals surface area (Å²) in [5.74, 6) is 0.546. The molecular formula is C25H23FN4O. The summed E-state index contributed by atoms with van der Waals surface area (Å²) in [7, 11) is 0. The second-order valence-corrected chi connectivity index (χ2v) is 7.73. The Bertz CT molecular complexity index is 1320. The third-order valence-corrected chi connectivity index (χ3v) is 5.04. The molecule has 0 unspecified atom stereocenters. The molecule has 0 saturated heterocycles. The number of benzene rings is 2. The zero-order chi connectivity index (χ0) is 22.1. The Morgan fingerprint density at radius 1 is 1.00 bits per heavy atom. The van der Waals surface area contributed by atoms with Gasteiger partial charge in [0.1, 0.15) is 11.6 Å². The van der Waals surface area contributed by atoms with Gasteiger partial charge >= 0.3 is 0 Å². The topological polar surface area (TPSA) is 59.8 Å². The van der Waals surface area contributed by atoms with E-state index in [1.165, 1.54) is 23.8 Å². The molecule has 1 amide bonds. The minimum absolute atomic E-state index is 0.310. The van der Waals surface area contributed by atoms with Crippen molar-refractivity contribution in [1.29, 1.82) is 0 Å². The fraction of sp³-hybridized carbons (Fsp3) is 0.160. The molecule has 1 N–H and O–H groups in total. The fourth-order valence-electron chi connectivity index (χ4n) is 3.61. The number of carbonyl (C=O) groups is 1. The second kappa shape index (κ2) is 8.14. The quantitative estimate of drug-likeness (QED) is 0.452. The lowest BCUT2D eigenvalue weighted by atomic mass is 10.0. The van der Waals surface area contributed by atoms with Crippen LogP contribution in [0.4, 0.5) is 10.2 Å². The molecule has 31 heavy (non-hydrogen) atoms. The third kappa shape index (κ3) is 4.38. The van der Waals surface area contributed by atoms with E-state index < -0.39 is 0 Å².